The molecule has 1 atom stereocenters. The van der Waals surface area contributed by atoms with E-state index in [1.54, 1.807) is 43.3 Å². The number of hydrogen-bond donors (Lipinski definition) is 1. The Labute approximate surface area is 250 Å². The first-order chi connectivity index (χ1) is 19.7. The van der Waals surface area contributed by atoms with Crippen molar-refractivity contribution in [2.24, 2.45) is 0 Å². The SMILES string of the molecule is Cc1cccn2c(C)c(C(O)=C3C(=O)C(=O)N(c4nnc(SCc5ccc(F)cc5)s4)C3c3ccc(Br)cc3)nc12. The second-order valence-corrected chi connectivity index (χ2v) is 12.5. The highest BCUT2D eigenvalue weighted by molar-refractivity contribution is 9.10. The van der Waals surface area contributed by atoms with E-state index in [2.05, 4.69) is 31.1 Å². The zero-order chi connectivity index (χ0) is 28.8. The molecule has 206 valence electrons. The highest BCUT2D eigenvalue weighted by Gasteiger charge is 2.48. The average Bonchev–Trinajstić information content (AvgIpc) is 3.64. The summed E-state index contributed by atoms with van der Waals surface area (Å²) in [5, 5.41) is 20.3. The molecule has 1 aliphatic rings. The van der Waals surface area contributed by atoms with Crippen molar-refractivity contribution in [3.8, 4) is 0 Å². The molecule has 0 radical (unpaired) electrons. The molecule has 2 aromatic carbocycles. The summed E-state index contributed by atoms with van der Waals surface area (Å²) < 4.78 is 16.5. The Hall–Kier alpha value is -3.87. The van der Waals surface area contributed by atoms with E-state index >= 15 is 0 Å². The van der Waals surface area contributed by atoms with Gasteiger partial charge in [0.05, 0.1) is 17.3 Å². The lowest BCUT2D eigenvalue weighted by Crippen LogP contribution is -2.29. The third kappa shape index (κ3) is 4.96. The van der Waals surface area contributed by atoms with Crippen molar-refractivity contribution in [3.05, 3.63) is 111 Å². The van der Waals surface area contributed by atoms with Gasteiger partial charge in [0.15, 0.2) is 10.1 Å². The second kappa shape index (κ2) is 10.8. The molecule has 1 aliphatic heterocycles. The summed E-state index contributed by atoms with van der Waals surface area (Å²) in [6.45, 7) is 3.71. The molecule has 0 saturated carbocycles. The number of pyridine rings is 1. The highest BCUT2D eigenvalue weighted by Crippen LogP contribution is 2.44. The van der Waals surface area contributed by atoms with Crippen LogP contribution in [0.15, 0.2) is 81.2 Å². The number of aliphatic hydroxyl groups is 1. The van der Waals surface area contributed by atoms with Crippen LogP contribution in [0.2, 0.25) is 0 Å². The van der Waals surface area contributed by atoms with E-state index in [-0.39, 0.29) is 28.0 Å². The Bertz CT molecular complexity index is 1850. The molecule has 1 unspecified atom stereocenters. The second-order valence-electron chi connectivity index (χ2n) is 9.42. The minimum Gasteiger partial charge on any atom is -0.505 e. The number of nitrogens with zero attached hydrogens (tertiary/aromatic N) is 5. The lowest BCUT2D eigenvalue weighted by molar-refractivity contribution is -0.132. The van der Waals surface area contributed by atoms with Gasteiger partial charge in [0.1, 0.15) is 17.2 Å². The maximum absolute atomic E-state index is 13.6. The van der Waals surface area contributed by atoms with Gasteiger partial charge in [-0.3, -0.25) is 14.5 Å². The predicted octanol–water partition coefficient (Wildman–Crippen LogP) is 6.62. The Kier molecular flexibility index (Phi) is 7.22. The number of carbonyl (C=O) groups is 2. The van der Waals surface area contributed by atoms with E-state index in [1.807, 2.05) is 29.7 Å². The van der Waals surface area contributed by atoms with Crippen molar-refractivity contribution in [2.75, 3.05) is 4.90 Å². The number of hydrogen-bond acceptors (Lipinski definition) is 8. The first kappa shape index (κ1) is 27.3. The minimum absolute atomic E-state index is 0.0720. The fraction of sp³-hybridized carbons (Fsp3) is 0.138. The number of benzene rings is 2. The summed E-state index contributed by atoms with van der Waals surface area (Å²) in [6.07, 6.45) is 1.83. The molecule has 12 heteroatoms. The topological polar surface area (TPSA) is 101 Å². The smallest absolute Gasteiger partial charge is 0.301 e. The van der Waals surface area contributed by atoms with Crippen LogP contribution in [0.5, 0.6) is 0 Å². The van der Waals surface area contributed by atoms with Crippen molar-refractivity contribution >= 4 is 67.3 Å². The van der Waals surface area contributed by atoms with Crippen LogP contribution in [0.4, 0.5) is 9.52 Å². The number of aryl methyl sites for hydroxylation is 2. The van der Waals surface area contributed by atoms with E-state index < -0.39 is 17.7 Å². The third-order valence-corrected chi connectivity index (χ3v) is 9.47. The predicted molar refractivity (Wildman–Crippen MR) is 159 cm³/mol. The van der Waals surface area contributed by atoms with E-state index in [4.69, 9.17) is 0 Å². The largest absolute Gasteiger partial charge is 0.505 e. The number of halogens is 2. The van der Waals surface area contributed by atoms with E-state index in [9.17, 15) is 19.1 Å². The number of aliphatic hydroxyl groups excluding tert-OH is 1. The number of carbonyl (C=O) groups excluding carboxylic acids is 2. The Balaban J connectivity index is 1.43. The van der Waals surface area contributed by atoms with Gasteiger partial charge in [0.25, 0.3) is 5.78 Å². The minimum atomic E-state index is -0.948. The summed E-state index contributed by atoms with van der Waals surface area (Å²) >= 11 is 5.99. The van der Waals surface area contributed by atoms with Gasteiger partial charge in [-0.05, 0) is 60.9 Å². The first-order valence-corrected chi connectivity index (χ1v) is 15.0. The van der Waals surface area contributed by atoms with E-state index in [0.717, 1.165) is 26.9 Å². The monoisotopic (exact) mass is 649 g/mol. The fourth-order valence-electron chi connectivity index (χ4n) is 4.75. The van der Waals surface area contributed by atoms with Gasteiger partial charge in [-0.25, -0.2) is 9.37 Å². The van der Waals surface area contributed by atoms with Crippen LogP contribution in [0.3, 0.4) is 0 Å². The number of thioether (sulfide) groups is 1. The van der Waals surface area contributed by atoms with E-state index in [0.29, 0.717) is 27.0 Å². The third-order valence-electron chi connectivity index (χ3n) is 6.82. The van der Waals surface area contributed by atoms with Gasteiger partial charge in [0.2, 0.25) is 5.13 Å². The van der Waals surface area contributed by atoms with Crippen LogP contribution in [0.25, 0.3) is 11.4 Å². The maximum atomic E-state index is 13.6. The number of amides is 1. The van der Waals surface area contributed by atoms with Gasteiger partial charge < -0.3 is 9.51 Å². The molecule has 6 rings (SSSR count). The summed E-state index contributed by atoms with van der Waals surface area (Å²) in [7, 11) is 0. The summed E-state index contributed by atoms with van der Waals surface area (Å²) in [6, 6.07) is 16.2. The first-order valence-electron chi connectivity index (χ1n) is 12.4. The number of ketones is 1. The van der Waals surface area contributed by atoms with E-state index in [1.165, 1.54) is 28.8 Å². The molecule has 1 fully saturated rings. The van der Waals surface area contributed by atoms with Crippen LogP contribution in [-0.4, -0.2) is 36.4 Å². The molecule has 0 spiro atoms. The molecular weight excluding hydrogens is 629 g/mol. The molecule has 0 bridgehead atoms. The zero-order valence-electron chi connectivity index (χ0n) is 21.7. The number of rotatable bonds is 6. The molecule has 1 saturated heterocycles. The lowest BCUT2D eigenvalue weighted by atomic mass is 9.96. The summed E-state index contributed by atoms with van der Waals surface area (Å²) in [5.74, 6) is -1.79. The van der Waals surface area contributed by atoms with Crippen LogP contribution in [0.1, 0.15) is 34.1 Å². The number of Topliss-reactive ketones (excluding diaryl/α,β-unsaturated/α-hetero) is 1. The van der Waals surface area contributed by atoms with Gasteiger partial charge in [-0.2, -0.15) is 0 Å². The summed E-state index contributed by atoms with van der Waals surface area (Å²) in [4.78, 5) is 33.0. The number of anilines is 1. The molecule has 41 heavy (non-hydrogen) atoms. The van der Waals surface area contributed by atoms with Crippen LogP contribution < -0.4 is 4.90 Å². The molecule has 3 aromatic heterocycles. The van der Waals surface area contributed by atoms with Crippen molar-refractivity contribution in [1.29, 1.82) is 0 Å². The van der Waals surface area contributed by atoms with Gasteiger partial charge in [-0.1, -0.05) is 69.4 Å². The van der Waals surface area contributed by atoms with Gasteiger partial charge in [-0.15, -0.1) is 10.2 Å². The molecule has 4 heterocycles. The number of fused-ring (bicyclic) bond motifs is 1. The number of aromatic nitrogens is 4. The highest BCUT2D eigenvalue weighted by atomic mass is 79.9. The zero-order valence-corrected chi connectivity index (χ0v) is 24.9. The average molecular weight is 651 g/mol. The summed E-state index contributed by atoms with van der Waals surface area (Å²) in [5.41, 5.74) is 3.86. The molecule has 1 N–H and O–H groups in total. The molecule has 8 nitrogen and oxygen atoms in total. The van der Waals surface area contributed by atoms with Crippen LogP contribution in [-0.2, 0) is 15.3 Å². The van der Waals surface area contributed by atoms with Crippen LogP contribution >= 0.6 is 39.0 Å². The lowest BCUT2D eigenvalue weighted by Gasteiger charge is -2.22. The van der Waals surface area contributed by atoms with Crippen molar-refractivity contribution in [3.63, 3.8) is 0 Å². The Morgan fingerprint density at radius 1 is 1.07 bits per heavy atom. The van der Waals surface area contributed by atoms with Gasteiger partial charge >= 0.3 is 5.91 Å². The quantitative estimate of drug-likeness (QED) is 0.0725. The Morgan fingerprint density at radius 3 is 2.51 bits per heavy atom. The molecule has 1 amide bonds. The number of imidazole rings is 1. The Morgan fingerprint density at radius 2 is 1.80 bits per heavy atom. The van der Waals surface area contributed by atoms with Crippen LogP contribution in [0, 0.1) is 19.7 Å². The van der Waals surface area contributed by atoms with Crippen molar-refractivity contribution in [2.45, 2.75) is 30.0 Å². The van der Waals surface area contributed by atoms with Crippen molar-refractivity contribution in [1.82, 2.24) is 19.6 Å². The fourth-order valence-corrected chi connectivity index (χ4v) is 6.84. The maximum Gasteiger partial charge on any atom is 0.301 e. The van der Waals surface area contributed by atoms with Gasteiger partial charge in [0, 0.05) is 16.4 Å². The molecule has 5 aromatic rings. The molecule has 0 aliphatic carbocycles. The standard InChI is InChI=1S/C29H21BrFN5O3S2/c1-15-4-3-13-35-16(2)22(32-26(15)35)24(37)21-23(18-7-9-19(30)10-8-18)36(27(39)25(21)38)28-33-34-29(41-28)40-14-17-5-11-20(31)12-6-17/h3-13,23,37H,14H2,1-2H3. The molecular formula is C29H21BrFN5O3S2. The van der Waals surface area contributed by atoms with Crippen molar-refractivity contribution < 1.29 is 19.1 Å². The normalized spacial score (nSPS) is 16.7.